The highest BCUT2D eigenvalue weighted by molar-refractivity contribution is 6.10. The van der Waals surface area contributed by atoms with Crippen LogP contribution in [0.4, 0.5) is 0 Å². The first-order valence-electron chi connectivity index (χ1n) is 16.1. The number of esters is 4. The summed E-state index contributed by atoms with van der Waals surface area (Å²) in [5, 5.41) is 0. The standard InChI is InChI=1S/C37H40N4O8/c1-19(2)16-47-35(43)30-25-9-8-22(38-25)14-23-15-24(34(42)46-7)33(39-23)32(37(45)49-18-21(5)6)29-13-12-28(41-29)31(27-11-10-26(30)40-27)36(44)48-17-20(3)4/h8-15,19-21,39-40H,16-18H2,1-7H3. The van der Waals surface area contributed by atoms with Gasteiger partial charge in [0.15, 0.2) is 0 Å². The van der Waals surface area contributed by atoms with Gasteiger partial charge in [-0.05, 0) is 66.3 Å². The molecule has 8 bridgehead atoms. The van der Waals surface area contributed by atoms with E-state index in [1.165, 1.54) is 13.2 Å². The third-order valence-electron chi connectivity index (χ3n) is 7.35. The van der Waals surface area contributed by atoms with E-state index >= 15 is 0 Å². The molecule has 0 atom stereocenters. The van der Waals surface area contributed by atoms with Crippen LogP contribution in [0.25, 0.3) is 46.4 Å². The topological polar surface area (TPSA) is 163 Å². The van der Waals surface area contributed by atoms with E-state index in [1.807, 2.05) is 41.5 Å². The Bertz CT molecular complexity index is 2030. The predicted molar refractivity (Wildman–Crippen MR) is 186 cm³/mol. The molecule has 0 fully saturated rings. The van der Waals surface area contributed by atoms with Crippen molar-refractivity contribution in [1.82, 2.24) is 19.9 Å². The largest absolute Gasteiger partial charge is 0.465 e. The maximum atomic E-state index is 13.8. The van der Waals surface area contributed by atoms with Gasteiger partial charge in [-0.25, -0.2) is 29.1 Å². The van der Waals surface area contributed by atoms with Crippen molar-refractivity contribution in [1.29, 1.82) is 0 Å². The molecule has 2 N–H and O–H groups in total. The summed E-state index contributed by atoms with van der Waals surface area (Å²) in [5.74, 6) is -2.51. The fourth-order valence-electron chi connectivity index (χ4n) is 5.09. The predicted octanol–water partition coefficient (Wildman–Crippen LogP) is 6.88. The van der Waals surface area contributed by atoms with Gasteiger partial charge in [-0.1, -0.05) is 41.5 Å². The van der Waals surface area contributed by atoms with E-state index in [1.54, 1.807) is 42.5 Å². The third-order valence-corrected chi connectivity index (χ3v) is 7.35. The number of nitrogens with one attached hydrogen (secondary N) is 2. The molecule has 12 nitrogen and oxygen atoms in total. The van der Waals surface area contributed by atoms with Crippen LogP contribution in [-0.4, -0.2) is 70.7 Å². The van der Waals surface area contributed by atoms with E-state index in [-0.39, 0.29) is 76.7 Å². The molecule has 0 unspecified atom stereocenters. The van der Waals surface area contributed by atoms with Crippen LogP contribution in [0.2, 0.25) is 0 Å². The van der Waals surface area contributed by atoms with Crippen LogP contribution in [0.15, 0.2) is 24.3 Å². The lowest BCUT2D eigenvalue weighted by Crippen LogP contribution is -2.13. The molecule has 3 aromatic rings. The Morgan fingerprint density at radius 3 is 1.59 bits per heavy atom. The fraction of sp³-hybridized carbons (Fsp3) is 0.351. The maximum Gasteiger partial charge on any atom is 0.342 e. The lowest BCUT2D eigenvalue weighted by molar-refractivity contribution is 0.0451. The molecule has 5 rings (SSSR count). The Morgan fingerprint density at radius 2 is 1.08 bits per heavy atom. The molecule has 0 aromatic carbocycles. The summed E-state index contributed by atoms with van der Waals surface area (Å²) in [6.45, 7) is 12.0. The maximum absolute atomic E-state index is 13.8. The molecule has 2 aliphatic rings. The molecule has 49 heavy (non-hydrogen) atoms. The molecule has 0 radical (unpaired) electrons. The normalized spacial score (nSPS) is 12.1. The van der Waals surface area contributed by atoms with Crippen LogP contribution in [0.1, 0.15) is 106 Å². The number of rotatable bonds is 10. The van der Waals surface area contributed by atoms with Crippen molar-refractivity contribution < 1.29 is 38.1 Å². The Kier molecular flexibility index (Phi) is 10.5. The van der Waals surface area contributed by atoms with Crippen molar-refractivity contribution in [2.75, 3.05) is 26.9 Å². The van der Waals surface area contributed by atoms with Gasteiger partial charge < -0.3 is 28.9 Å². The number of methoxy groups -OCH3 is 1. The molecule has 256 valence electrons. The number of ether oxygens (including phenoxy) is 4. The lowest BCUT2D eigenvalue weighted by atomic mass is 10.1. The second-order valence-electron chi connectivity index (χ2n) is 13.0. The lowest BCUT2D eigenvalue weighted by Gasteiger charge is -2.09. The molecular formula is C37H40N4O8. The van der Waals surface area contributed by atoms with Crippen LogP contribution in [0.3, 0.4) is 0 Å². The van der Waals surface area contributed by atoms with Gasteiger partial charge in [-0.15, -0.1) is 0 Å². The number of hydrogen-bond donors (Lipinski definition) is 2. The van der Waals surface area contributed by atoms with Gasteiger partial charge in [-0.3, -0.25) is 0 Å². The zero-order valence-corrected chi connectivity index (χ0v) is 28.6. The zero-order valence-electron chi connectivity index (χ0n) is 28.6. The summed E-state index contributed by atoms with van der Waals surface area (Å²) in [7, 11) is 1.24. The third kappa shape index (κ3) is 7.80. The number of aromatic nitrogens is 4. The molecule has 0 saturated heterocycles. The average Bonchev–Trinajstić information content (AvgIpc) is 3.87. The molecule has 2 aliphatic heterocycles. The van der Waals surface area contributed by atoms with Gasteiger partial charge in [0.1, 0.15) is 16.7 Å². The number of fused-ring (bicyclic) bond motifs is 8. The SMILES string of the molecule is COC(=O)c1cc2cc3nc(c(C(=O)OCC(C)C)c4ccc([nH]4)c(C(=O)OCC(C)C)c4nc(c(C(=O)OCC(C)C)c1[nH]2)C=C4)C=C3. The molecule has 0 amide bonds. The first kappa shape index (κ1) is 34.8. The number of nitrogens with zero attached hydrogens (tertiary/aromatic N) is 2. The van der Waals surface area contributed by atoms with Gasteiger partial charge in [0, 0.05) is 5.52 Å². The Balaban J connectivity index is 1.93. The van der Waals surface area contributed by atoms with Crippen molar-refractivity contribution in [2.24, 2.45) is 17.8 Å². The van der Waals surface area contributed by atoms with Crippen molar-refractivity contribution in [2.45, 2.75) is 41.5 Å². The molecule has 0 spiro atoms. The highest BCUT2D eigenvalue weighted by Crippen LogP contribution is 2.29. The second kappa shape index (κ2) is 14.7. The van der Waals surface area contributed by atoms with Gasteiger partial charge >= 0.3 is 23.9 Å². The minimum atomic E-state index is -0.725. The molecule has 5 heterocycles. The first-order chi connectivity index (χ1) is 23.4. The first-order valence-corrected chi connectivity index (χ1v) is 16.1. The summed E-state index contributed by atoms with van der Waals surface area (Å²) in [4.78, 5) is 69.9. The summed E-state index contributed by atoms with van der Waals surface area (Å²) in [6, 6.07) is 6.51. The Morgan fingerprint density at radius 1 is 0.612 bits per heavy atom. The average molecular weight is 669 g/mol. The quantitative estimate of drug-likeness (QED) is 0.118. The smallest absolute Gasteiger partial charge is 0.342 e. The van der Waals surface area contributed by atoms with Gasteiger partial charge in [0.05, 0.1) is 71.8 Å². The minimum absolute atomic E-state index is 0.0270. The van der Waals surface area contributed by atoms with Crippen LogP contribution in [-0.2, 0) is 18.9 Å². The molecule has 0 saturated carbocycles. The minimum Gasteiger partial charge on any atom is -0.465 e. The monoisotopic (exact) mass is 668 g/mol. The van der Waals surface area contributed by atoms with Gasteiger partial charge in [0.25, 0.3) is 0 Å². The zero-order chi connectivity index (χ0) is 35.4. The summed E-state index contributed by atoms with van der Waals surface area (Å²) in [5.41, 5.74) is 2.59. The summed E-state index contributed by atoms with van der Waals surface area (Å²) >= 11 is 0. The van der Waals surface area contributed by atoms with E-state index in [9.17, 15) is 19.2 Å². The highest BCUT2D eigenvalue weighted by atomic mass is 16.5. The number of carbonyl (C=O) groups excluding carboxylic acids is 4. The van der Waals surface area contributed by atoms with Crippen LogP contribution in [0.5, 0.6) is 0 Å². The van der Waals surface area contributed by atoms with Crippen LogP contribution < -0.4 is 0 Å². The van der Waals surface area contributed by atoms with Crippen LogP contribution in [0, 0.1) is 17.8 Å². The molecule has 3 aromatic heterocycles. The van der Waals surface area contributed by atoms with Gasteiger partial charge in [-0.2, -0.15) is 0 Å². The second-order valence-corrected chi connectivity index (χ2v) is 13.0. The Labute approximate surface area is 283 Å². The van der Waals surface area contributed by atoms with Crippen LogP contribution >= 0.6 is 0 Å². The summed E-state index contributed by atoms with van der Waals surface area (Å²) in [6.07, 6.45) is 6.53. The highest BCUT2D eigenvalue weighted by Gasteiger charge is 2.26. The fourth-order valence-corrected chi connectivity index (χ4v) is 5.09. The van der Waals surface area contributed by atoms with E-state index < -0.39 is 23.9 Å². The number of aromatic amines is 2. The van der Waals surface area contributed by atoms with E-state index in [0.717, 1.165) is 0 Å². The molecular weight excluding hydrogens is 628 g/mol. The van der Waals surface area contributed by atoms with Gasteiger partial charge in [0.2, 0.25) is 0 Å². The number of hydrogen-bond acceptors (Lipinski definition) is 10. The Hall–Kier alpha value is -5.52. The van der Waals surface area contributed by atoms with Crippen molar-refractivity contribution in [3.8, 4) is 0 Å². The molecule has 12 heteroatoms. The van der Waals surface area contributed by atoms with E-state index in [2.05, 4.69) is 15.0 Å². The summed E-state index contributed by atoms with van der Waals surface area (Å²) < 4.78 is 22.0. The van der Waals surface area contributed by atoms with E-state index in [4.69, 9.17) is 23.9 Å². The van der Waals surface area contributed by atoms with Crippen molar-refractivity contribution in [3.63, 3.8) is 0 Å². The van der Waals surface area contributed by atoms with Crippen molar-refractivity contribution >= 4 is 70.2 Å². The number of H-pyrrole nitrogens is 2. The molecule has 0 aliphatic carbocycles. The number of carbonyl (C=O) groups is 4. The van der Waals surface area contributed by atoms with E-state index in [0.29, 0.717) is 27.9 Å². The van der Waals surface area contributed by atoms with Crippen molar-refractivity contribution in [3.05, 3.63) is 69.3 Å².